The van der Waals surface area contributed by atoms with Crippen LogP contribution in [0.2, 0.25) is 0 Å². The maximum absolute atomic E-state index is 12.5. The fourth-order valence-corrected chi connectivity index (χ4v) is 3.89. The van der Waals surface area contributed by atoms with Gasteiger partial charge in [-0.15, -0.1) is 11.3 Å². The minimum atomic E-state index is -0.635. The molecule has 3 aromatic rings. The second-order valence-electron chi connectivity index (χ2n) is 6.15. The van der Waals surface area contributed by atoms with Crippen molar-refractivity contribution in [2.75, 3.05) is 20.8 Å². The molecule has 30 heavy (non-hydrogen) atoms. The molecule has 9 nitrogen and oxygen atoms in total. The Kier molecular flexibility index (Phi) is 6.36. The monoisotopic (exact) mass is 432 g/mol. The van der Waals surface area contributed by atoms with E-state index in [1.165, 1.54) is 26.4 Å². The van der Waals surface area contributed by atoms with Crippen LogP contribution in [0, 0.1) is 6.92 Å². The predicted octanol–water partition coefficient (Wildman–Crippen LogP) is 2.84. The van der Waals surface area contributed by atoms with Crippen LogP contribution in [0.3, 0.4) is 0 Å². The topological polar surface area (TPSA) is 117 Å². The summed E-state index contributed by atoms with van der Waals surface area (Å²) in [6.45, 7) is 3.34. The SMILES string of the molecule is CCOC(=O)c1sc2nc(COC(=O)c3cc(OC)cc(OC)c3)[nH]c(=O)c2c1C. The van der Waals surface area contributed by atoms with E-state index in [4.69, 9.17) is 18.9 Å². The zero-order valence-electron chi connectivity index (χ0n) is 16.9. The van der Waals surface area contributed by atoms with E-state index in [2.05, 4.69) is 9.97 Å². The smallest absolute Gasteiger partial charge is 0.348 e. The van der Waals surface area contributed by atoms with Crippen LogP contribution in [-0.4, -0.2) is 42.7 Å². The molecule has 1 aromatic carbocycles. The van der Waals surface area contributed by atoms with E-state index < -0.39 is 17.5 Å². The van der Waals surface area contributed by atoms with E-state index in [1.54, 1.807) is 19.9 Å². The Morgan fingerprint density at radius 3 is 2.33 bits per heavy atom. The van der Waals surface area contributed by atoms with Crippen molar-refractivity contribution in [3.63, 3.8) is 0 Å². The molecule has 0 aliphatic heterocycles. The number of carbonyl (C=O) groups excluding carboxylic acids is 2. The molecular formula is C20H20N2O7S. The zero-order chi connectivity index (χ0) is 21.8. The molecule has 0 bridgehead atoms. The van der Waals surface area contributed by atoms with Gasteiger partial charge >= 0.3 is 11.9 Å². The quantitative estimate of drug-likeness (QED) is 0.567. The normalized spacial score (nSPS) is 10.7. The van der Waals surface area contributed by atoms with Gasteiger partial charge in [-0.3, -0.25) is 4.79 Å². The molecule has 0 radical (unpaired) electrons. The van der Waals surface area contributed by atoms with Gasteiger partial charge in [-0.1, -0.05) is 0 Å². The largest absolute Gasteiger partial charge is 0.497 e. The standard InChI is InChI=1S/C20H20N2O7S/c1-5-28-20(25)16-10(2)15-17(23)21-14(22-18(15)30-16)9-29-19(24)11-6-12(26-3)8-13(7-11)27-4/h6-8H,5,9H2,1-4H3,(H,21,22,23). The summed E-state index contributed by atoms with van der Waals surface area (Å²) in [5.41, 5.74) is 0.318. The minimum absolute atomic E-state index is 0.160. The Morgan fingerprint density at radius 1 is 1.07 bits per heavy atom. The maximum atomic E-state index is 12.5. The van der Waals surface area contributed by atoms with Crippen LogP contribution in [0.5, 0.6) is 11.5 Å². The molecule has 0 spiro atoms. The second-order valence-corrected chi connectivity index (χ2v) is 7.15. The Labute approximate surface area is 175 Å². The highest BCUT2D eigenvalue weighted by Gasteiger charge is 2.20. The van der Waals surface area contributed by atoms with Crippen LogP contribution in [0.15, 0.2) is 23.0 Å². The minimum Gasteiger partial charge on any atom is -0.497 e. The fraction of sp³-hybridized carbons (Fsp3) is 0.300. The lowest BCUT2D eigenvalue weighted by atomic mass is 10.2. The summed E-state index contributed by atoms with van der Waals surface area (Å²) in [5, 5.41) is 0.315. The zero-order valence-corrected chi connectivity index (χ0v) is 17.7. The van der Waals surface area contributed by atoms with Gasteiger partial charge in [-0.25, -0.2) is 14.6 Å². The van der Waals surface area contributed by atoms with Crippen molar-refractivity contribution in [3.8, 4) is 11.5 Å². The molecule has 1 N–H and O–H groups in total. The van der Waals surface area contributed by atoms with Crippen LogP contribution in [0.1, 0.15) is 38.3 Å². The Balaban J connectivity index is 1.84. The molecule has 0 saturated carbocycles. The van der Waals surface area contributed by atoms with Crippen LogP contribution in [0.4, 0.5) is 0 Å². The molecule has 0 amide bonds. The van der Waals surface area contributed by atoms with Crippen molar-refractivity contribution in [1.29, 1.82) is 0 Å². The number of carbonyl (C=O) groups is 2. The highest BCUT2D eigenvalue weighted by Crippen LogP contribution is 2.28. The fourth-order valence-electron chi connectivity index (χ4n) is 2.79. The first-order valence-corrected chi connectivity index (χ1v) is 9.79. The number of ether oxygens (including phenoxy) is 4. The van der Waals surface area contributed by atoms with Crippen LogP contribution < -0.4 is 15.0 Å². The summed E-state index contributed by atoms with van der Waals surface area (Å²) in [5.74, 6) is -0.0983. The number of H-pyrrole nitrogens is 1. The second kappa shape index (κ2) is 8.95. The number of aryl methyl sites for hydroxylation is 1. The maximum Gasteiger partial charge on any atom is 0.348 e. The van der Waals surface area contributed by atoms with E-state index in [0.717, 1.165) is 11.3 Å². The first kappa shape index (κ1) is 21.3. The predicted molar refractivity (Wildman–Crippen MR) is 110 cm³/mol. The van der Waals surface area contributed by atoms with Crippen molar-refractivity contribution in [2.45, 2.75) is 20.5 Å². The lowest BCUT2D eigenvalue weighted by Gasteiger charge is -2.08. The molecule has 0 atom stereocenters. The van der Waals surface area contributed by atoms with Crippen LogP contribution in [-0.2, 0) is 16.1 Å². The van der Waals surface area contributed by atoms with E-state index in [0.29, 0.717) is 32.2 Å². The van der Waals surface area contributed by atoms with Crippen molar-refractivity contribution < 1.29 is 28.5 Å². The van der Waals surface area contributed by atoms with Gasteiger partial charge in [0, 0.05) is 6.07 Å². The van der Waals surface area contributed by atoms with Gasteiger partial charge in [0.2, 0.25) is 0 Å². The number of methoxy groups -OCH3 is 2. The summed E-state index contributed by atoms with van der Waals surface area (Å²) in [7, 11) is 2.95. The number of esters is 2. The first-order valence-electron chi connectivity index (χ1n) is 8.97. The number of hydrogen-bond acceptors (Lipinski definition) is 9. The van der Waals surface area contributed by atoms with Crippen molar-refractivity contribution in [2.24, 2.45) is 0 Å². The molecule has 2 heterocycles. The highest BCUT2D eigenvalue weighted by atomic mass is 32.1. The molecule has 0 fully saturated rings. The molecule has 3 rings (SSSR count). The number of fused-ring (bicyclic) bond motifs is 1. The van der Waals surface area contributed by atoms with Gasteiger partial charge in [-0.2, -0.15) is 0 Å². The number of benzene rings is 1. The highest BCUT2D eigenvalue weighted by molar-refractivity contribution is 7.20. The van der Waals surface area contributed by atoms with Gasteiger partial charge in [-0.05, 0) is 31.5 Å². The average molecular weight is 432 g/mol. The van der Waals surface area contributed by atoms with E-state index >= 15 is 0 Å². The summed E-state index contributed by atoms with van der Waals surface area (Å²) in [4.78, 5) is 44.6. The average Bonchev–Trinajstić information content (AvgIpc) is 3.08. The van der Waals surface area contributed by atoms with Crippen LogP contribution in [0.25, 0.3) is 10.2 Å². The summed E-state index contributed by atoms with van der Waals surface area (Å²) in [6, 6.07) is 4.65. The number of rotatable bonds is 7. The molecular weight excluding hydrogens is 412 g/mol. The Morgan fingerprint density at radius 2 is 1.73 bits per heavy atom. The van der Waals surface area contributed by atoms with Crippen molar-refractivity contribution in [1.82, 2.24) is 9.97 Å². The van der Waals surface area contributed by atoms with Gasteiger partial charge < -0.3 is 23.9 Å². The van der Waals surface area contributed by atoms with Gasteiger partial charge in [0.05, 0.1) is 31.8 Å². The molecule has 0 saturated heterocycles. The number of aromatic amines is 1. The van der Waals surface area contributed by atoms with E-state index in [-0.39, 0.29) is 24.6 Å². The van der Waals surface area contributed by atoms with Gasteiger partial charge in [0.15, 0.2) is 0 Å². The van der Waals surface area contributed by atoms with E-state index in [9.17, 15) is 14.4 Å². The number of aromatic nitrogens is 2. The van der Waals surface area contributed by atoms with Gasteiger partial charge in [0.25, 0.3) is 5.56 Å². The van der Waals surface area contributed by atoms with Crippen molar-refractivity contribution in [3.05, 3.63) is 50.4 Å². The number of hydrogen-bond donors (Lipinski definition) is 1. The Hall–Kier alpha value is -3.40. The summed E-state index contributed by atoms with van der Waals surface area (Å²) >= 11 is 1.06. The lowest BCUT2D eigenvalue weighted by molar-refractivity contribution is 0.0460. The Bertz CT molecular complexity index is 1140. The molecule has 158 valence electrons. The molecule has 0 aliphatic rings. The number of thiophene rings is 1. The third-order valence-electron chi connectivity index (χ3n) is 4.24. The lowest BCUT2D eigenvalue weighted by Crippen LogP contribution is -2.14. The first-order chi connectivity index (χ1) is 14.4. The molecule has 0 aliphatic carbocycles. The molecule has 10 heteroatoms. The molecule has 0 unspecified atom stereocenters. The van der Waals surface area contributed by atoms with Gasteiger partial charge in [0.1, 0.15) is 33.6 Å². The summed E-state index contributed by atoms with van der Waals surface area (Å²) in [6.07, 6.45) is 0. The molecule has 2 aromatic heterocycles. The van der Waals surface area contributed by atoms with E-state index in [1.807, 2.05) is 0 Å². The summed E-state index contributed by atoms with van der Waals surface area (Å²) < 4.78 is 20.6. The number of nitrogens with one attached hydrogen (secondary N) is 1. The van der Waals surface area contributed by atoms with Crippen LogP contribution >= 0.6 is 11.3 Å². The number of nitrogens with zero attached hydrogens (tertiary/aromatic N) is 1. The third kappa shape index (κ3) is 4.28. The van der Waals surface area contributed by atoms with Crippen molar-refractivity contribution >= 4 is 33.5 Å². The third-order valence-corrected chi connectivity index (χ3v) is 5.40.